The molecular weight excluding hydrogens is 399 g/mol. The number of nitrogens with one attached hydrogen (secondary N) is 1. The normalized spacial score (nSPS) is 11.0. The molecule has 1 amide bonds. The zero-order valence-corrected chi connectivity index (χ0v) is 16.8. The first-order chi connectivity index (χ1) is 13.5. The summed E-state index contributed by atoms with van der Waals surface area (Å²) in [7, 11) is 0. The summed E-state index contributed by atoms with van der Waals surface area (Å²) in [6.45, 7) is 3.80. The summed E-state index contributed by atoms with van der Waals surface area (Å²) in [5, 5.41) is 4.75. The van der Waals surface area contributed by atoms with Gasteiger partial charge in [-0.3, -0.25) is 4.79 Å². The second-order valence-electron chi connectivity index (χ2n) is 6.08. The van der Waals surface area contributed by atoms with Crippen molar-refractivity contribution in [3.8, 4) is 17.1 Å². The van der Waals surface area contributed by atoms with Gasteiger partial charge in [-0.1, -0.05) is 41.4 Å². The first-order valence-electron chi connectivity index (χ1n) is 8.51. The lowest BCUT2D eigenvalue weighted by Gasteiger charge is -2.09. The van der Waals surface area contributed by atoms with Gasteiger partial charge in [0.05, 0.1) is 16.3 Å². The van der Waals surface area contributed by atoms with Crippen molar-refractivity contribution in [2.45, 2.75) is 13.8 Å². The molecule has 0 saturated carbocycles. The van der Waals surface area contributed by atoms with Gasteiger partial charge < -0.3 is 9.15 Å². The third-order valence-electron chi connectivity index (χ3n) is 4.14. The number of aryl methyl sites for hydroxylation is 1. The third-order valence-corrected chi connectivity index (χ3v) is 4.96. The molecule has 5 nitrogen and oxygen atoms in total. The van der Waals surface area contributed by atoms with Crippen LogP contribution in [0, 0.1) is 13.8 Å². The molecule has 0 unspecified atom stereocenters. The molecule has 0 spiro atoms. The monoisotopic (exact) mass is 416 g/mol. The van der Waals surface area contributed by atoms with Gasteiger partial charge in [0.25, 0.3) is 5.91 Å². The lowest BCUT2D eigenvalue weighted by atomic mass is 10.1. The fraction of sp³-hybridized carbons (Fsp3) is 0.143. The molecule has 7 heteroatoms. The van der Waals surface area contributed by atoms with Crippen LogP contribution in [0.1, 0.15) is 16.9 Å². The smallest absolute Gasteiger partial charge is 0.277 e. The molecule has 0 atom stereocenters. The maximum Gasteiger partial charge on any atom is 0.277 e. The maximum absolute atomic E-state index is 11.9. The van der Waals surface area contributed by atoms with Gasteiger partial charge in [-0.05, 0) is 55.3 Å². The van der Waals surface area contributed by atoms with Crippen LogP contribution < -0.4 is 10.2 Å². The Morgan fingerprint density at radius 3 is 2.75 bits per heavy atom. The fourth-order valence-electron chi connectivity index (χ4n) is 2.49. The van der Waals surface area contributed by atoms with Gasteiger partial charge in [-0.15, -0.1) is 0 Å². The van der Waals surface area contributed by atoms with Gasteiger partial charge in [0.15, 0.2) is 6.61 Å². The van der Waals surface area contributed by atoms with Gasteiger partial charge in [0.1, 0.15) is 17.3 Å². The zero-order chi connectivity index (χ0) is 20.1. The lowest BCUT2D eigenvalue weighted by molar-refractivity contribution is -0.123. The summed E-state index contributed by atoms with van der Waals surface area (Å²) in [6, 6.07) is 14.5. The minimum atomic E-state index is -0.373. The van der Waals surface area contributed by atoms with Crippen LogP contribution in [0.3, 0.4) is 0 Å². The number of furan rings is 1. The van der Waals surface area contributed by atoms with Crippen molar-refractivity contribution in [2.24, 2.45) is 5.10 Å². The number of hydrazone groups is 1. The van der Waals surface area contributed by atoms with Crippen LogP contribution in [0.4, 0.5) is 0 Å². The number of benzene rings is 2. The molecule has 0 saturated heterocycles. The van der Waals surface area contributed by atoms with E-state index in [2.05, 4.69) is 10.5 Å². The number of halogens is 2. The summed E-state index contributed by atoms with van der Waals surface area (Å²) in [5.41, 5.74) is 5.19. The third kappa shape index (κ3) is 4.74. The van der Waals surface area contributed by atoms with Crippen LogP contribution in [0.25, 0.3) is 11.3 Å². The molecular formula is C21H18Cl2N2O3. The standard InChI is InChI=1S/C21H18Cl2N2O3/c1-13-5-3-8-18(14(13)2)27-12-20(26)25-24-11-15-9-10-19(28-15)16-6-4-7-17(22)21(16)23/h3-11H,12H2,1-2H3,(H,25,26)/b24-11+. The van der Waals surface area contributed by atoms with Gasteiger partial charge >= 0.3 is 0 Å². The Balaban J connectivity index is 1.56. The van der Waals surface area contributed by atoms with E-state index >= 15 is 0 Å². The minimum absolute atomic E-state index is 0.136. The summed E-state index contributed by atoms with van der Waals surface area (Å²) < 4.78 is 11.2. The Morgan fingerprint density at radius 2 is 1.93 bits per heavy atom. The largest absolute Gasteiger partial charge is 0.483 e. The van der Waals surface area contributed by atoms with E-state index in [1.54, 1.807) is 30.3 Å². The quantitative estimate of drug-likeness (QED) is 0.432. The predicted molar refractivity (Wildman–Crippen MR) is 111 cm³/mol. The fourth-order valence-corrected chi connectivity index (χ4v) is 2.88. The summed E-state index contributed by atoms with van der Waals surface area (Å²) in [6.07, 6.45) is 1.40. The van der Waals surface area contributed by atoms with E-state index < -0.39 is 0 Å². The molecule has 1 heterocycles. The molecule has 144 valence electrons. The van der Waals surface area contributed by atoms with Crippen molar-refractivity contribution in [1.29, 1.82) is 0 Å². The van der Waals surface area contributed by atoms with E-state index in [4.69, 9.17) is 32.4 Å². The molecule has 0 radical (unpaired) electrons. The number of amides is 1. The van der Waals surface area contributed by atoms with Crippen LogP contribution in [0.15, 0.2) is 58.0 Å². The van der Waals surface area contributed by atoms with E-state index in [0.717, 1.165) is 11.1 Å². The molecule has 0 aliphatic carbocycles. The zero-order valence-electron chi connectivity index (χ0n) is 15.3. The second kappa shape index (κ2) is 8.95. The van der Waals surface area contributed by atoms with Crippen molar-refractivity contribution >= 4 is 35.3 Å². The highest BCUT2D eigenvalue weighted by Crippen LogP contribution is 2.34. The van der Waals surface area contributed by atoms with Crippen molar-refractivity contribution < 1.29 is 13.9 Å². The molecule has 3 rings (SSSR count). The maximum atomic E-state index is 11.9. The minimum Gasteiger partial charge on any atom is -0.483 e. The summed E-state index contributed by atoms with van der Waals surface area (Å²) >= 11 is 12.2. The molecule has 0 aliphatic heterocycles. The predicted octanol–water partition coefficient (Wildman–Crippen LogP) is 5.40. The van der Waals surface area contributed by atoms with E-state index in [1.165, 1.54) is 6.21 Å². The Kier molecular flexibility index (Phi) is 6.39. The first-order valence-corrected chi connectivity index (χ1v) is 9.26. The van der Waals surface area contributed by atoms with Crippen LogP contribution in [0.5, 0.6) is 5.75 Å². The number of carbonyl (C=O) groups is 1. The highest BCUT2D eigenvalue weighted by molar-refractivity contribution is 6.43. The average molecular weight is 417 g/mol. The molecule has 0 fully saturated rings. The lowest BCUT2D eigenvalue weighted by Crippen LogP contribution is -2.24. The Bertz CT molecular complexity index is 1030. The highest BCUT2D eigenvalue weighted by Gasteiger charge is 2.10. The molecule has 0 bridgehead atoms. The van der Waals surface area contributed by atoms with Crippen molar-refractivity contribution in [3.05, 3.63) is 75.5 Å². The first kappa shape index (κ1) is 20.0. The Labute approximate surface area is 172 Å². The van der Waals surface area contributed by atoms with Crippen molar-refractivity contribution in [2.75, 3.05) is 6.61 Å². The van der Waals surface area contributed by atoms with Crippen LogP contribution in [-0.4, -0.2) is 18.7 Å². The number of ether oxygens (including phenoxy) is 1. The number of carbonyl (C=O) groups excluding carboxylic acids is 1. The van der Waals surface area contributed by atoms with E-state index in [1.807, 2.05) is 32.0 Å². The molecule has 1 aromatic heterocycles. The van der Waals surface area contributed by atoms with E-state index in [-0.39, 0.29) is 12.5 Å². The number of hydrogen-bond acceptors (Lipinski definition) is 4. The molecule has 3 aromatic rings. The van der Waals surface area contributed by atoms with Gasteiger partial charge in [0, 0.05) is 5.56 Å². The molecule has 1 N–H and O–H groups in total. The SMILES string of the molecule is Cc1cccc(OCC(=O)N/N=C/c2ccc(-c3cccc(Cl)c3Cl)o2)c1C. The number of nitrogens with zero attached hydrogens (tertiary/aromatic N) is 1. The van der Waals surface area contributed by atoms with Crippen LogP contribution in [0.2, 0.25) is 10.0 Å². The number of hydrogen-bond donors (Lipinski definition) is 1. The van der Waals surface area contributed by atoms with Crippen molar-refractivity contribution in [3.63, 3.8) is 0 Å². The van der Waals surface area contributed by atoms with Gasteiger partial charge in [-0.2, -0.15) is 5.10 Å². The highest BCUT2D eigenvalue weighted by atomic mass is 35.5. The second-order valence-corrected chi connectivity index (χ2v) is 6.87. The summed E-state index contributed by atoms with van der Waals surface area (Å²) in [5.74, 6) is 1.32. The van der Waals surface area contributed by atoms with E-state index in [0.29, 0.717) is 32.9 Å². The van der Waals surface area contributed by atoms with E-state index in [9.17, 15) is 4.79 Å². The Hall–Kier alpha value is -2.76. The molecule has 0 aliphatic rings. The summed E-state index contributed by atoms with van der Waals surface area (Å²) in [4.78, 5) is 11.9. The van der Waals surface area contributed by atoms with Crippen LogP contribution >= 0.6 is 23.2 Å². The topological polar surface area (TPSA) is 63.8 Å². The average Bonchev–Trinajstić information content (AvgIpc) is 3.14. The Morgan fingerprint density at radius 1 is 1.14 bits per heavy atom. The van der Waals surface area contributed by atoms with Gasteiger partial charge in [-0.25, -0.2) is 5.43 Å². The molecule has 28 heavy (non-hydrogen) atoms. The molecule has 2 aromatic carbocycles. The van der Waals surface area contributed by atoms with Crippen molar-refractivity contribution in [1.82, 2.24) is 5.43 Å². The van der Waals surface area contributed by atoms with Crippen LogP contribution in [-0.2, 0) is 4.79 Å². The number of rotatable bonds is 6. The van der Waals surface area contributed by atoms with Gasteiger partial charge in [0.2, 0.25) is 0 Å².